The third-order valence-electron chi connectivity index (χ3n) is 2.58. The molecular weight excluding hydrogens is 249 g/mol. The maximum absolute atomic E-state index is 13.9. The number of halogens is 1. The van der Waals surface area contributed by atoms with Crippen molar-refractivity contribution in [2.75, 3.05) is 5.32 Å². The summed E-state index contributed by atoms with van der Waals surface area (Å²) in [6.07, 6.45) is 1.20. The molecular formula is C13H12FN3O2. The minimum atomic E-state index is -1.17. The van der Waals surface area contributed by atoms with Crippen LogP contribution in [0, 0.1) is 19.7 Å². The quantitative estimate of drug-likeness (QED) is 0.888. The third-order valence-corrected chi connectivity index (χ3v) is 2.58. The first kappa shape index (κ1) is 12.9. The number of aryl methyl sites for hydroxylation is 2. The van der Waals surface area contributed by atoms with Crippen LogP contribution < -0.4 is 5.32 Å². The summed E-state index contributed by atoms with van der Waals surface area (Å²) in [6, 6.07) is 4.82. The fourth-order valence-electron chi connectivity index (χ4n) is 1.59. The number of nitrogens with zero attached hydrogens (tertiary/aromatic N) is 2. The summed E-state index contributed by atoms with van der Waals surface area (Å²) in [5, 5.41) is 11.7. The van der Waals surface area contributed by atoms with Crippen LogP contribution in [0.2, 0.25) is 0 Å². The molecule has 0 unspecified atom stereocenters. The number of carbonyl (C=O) groups is 1. The highest BCUT2D eigenvalue weighted by molar-refractivity contribution is 5.93. The molecule has 0 aliphatic rings. The second-order valence-electron chi connectivity index (χ2n) is 4.05. The minimum Gasteiger partial charge on any atom is -0.477 e. The molecule has 1 heterocycles. The molecule has 0 aliphatic carbocycles. The van der Waals surface area contributed by atoms with Gasteiger partial charge in [0.15, 0.2) is 0 Å². The number of rotatable bonds is 3. The fourth-order valence-corrected chi connectivity index (χ4v) is 1.59. The molecule has 0 saturated carbocycles. The second kappa shape index (κ2) is 5.01. The van der Waals surface area contributed by atoms with Crippen LogP contribution in [0.1, 0.15) is 21.7 Å². The predicted molar refractivity (Wildman–Crippen MR) is 68.1 cm³/mol. The monoisotopic (exact) mass is 261 g/mol. The average Bonchev–Trinajstić information content (AvgIpc) is 2.35. The van der Waals surface area contributed by atoms with E-state index in [1.807, 2.05) is 0 Å². The van der Waals surface area contributed by atoms with Crippen molar-refractivity contribution in [2.24, 2.45) is 0 Å². The highest BCUT2D eigenvalue weighted by Gasteiger charge is 2.14. The molecule has 19 heavy (non-hydrogen) atoms. The Morgan fingerprint density at radius 2 is 2.11 bits per heavy atom. The van der Waals surface area contributed by atoms with E-state index in [1.54, 1.807) is 26.0 Å². The number of carboxylic acids is 1. The van der Waals surface area contributed by atoms with Crippen LogP contribution in [0.15, 0.2) is 24.4 Å². The molecule has 98 valence electrons. The number of benzene rings is 1. The third kappa shape index (κ3) is 2.67. The Morgan fingerprint density at radius 1 is 1.37 bits per heavy atom. The summed E-state index contributed by atoms with van der Waals surface area (Å²) in [4.78, 5) is 18.9. The number of nitrogens with one attached hydrogen (secondary N) is 1. The van der Waals surface area contributed by atoms with E-state index < -0.39 is 11.8 Å². The summed E-state index contributed by atoms with van der Waals surface area (Å²) in [5.74, 6) is -1.13. The molecule has 2 N–H and O–H groups in total. The zero-order valence-electron chi connectivity index (χ0n) is 10.4. The van der Waals surface area contributed by atoms with Crippen LogP contribution in [-0.4, -0.2) is 21.0 Å². The lowest BCUT2D eigenvalue weighted by Gasteiger charge is -2.10. The molecule has 1 aromatic carbocycles. The number of aromatic nitrogens is 2. The highest BCUT2D eigenvalue weighted by atomic mass is 19.1. The number of carboxylic acid groups (broad SMARTS) is 1. The second-order valence-corrected chi connectivity index (χ2v) is 4.05. The summed E-state index contributed by atoms with van der Waals surface area (Å²) in [6.45, 7) is 3.26. The Hall–Kier alpha value is -2.50. The minimum absolute atomic E-state index is 0.0736. The Balaban J connectivity index is 2.45. The van der Waals surface area contributed by atoms with Crippen LogP contribution in [-0.2, 0) is 0 Å². The Morgan fingerprint density at radius 3 is 2.79 bits per heavy atom. The summed E-state index contributed by atoms with van der Waals surface area (Å²) in [5.41, 5.74) is 0.541. The molecule has 0 aliphatic heterocycles. The van der Waals surface area contributed by atoms with E-state index in [2.05, 4.69) is 15.3 Å². The molecule has 5 nitrogen and oxygen atoms in total. The van der Waals surface area contributed by atoms with Crippen LogP contribution in [0.4, 0.5) is 15.9 Å². The van der Waals surface area contributed by atoms with Crippen molar-refractivity contribution in [1.29, 1.82) is 0 Å². The normalized spacial score (nSPS) is 10.3. The van der Waals surface area contributed by atoms with E-state index in [1.165, 1.54) is 12.3 Å². The van der Waals surface area contributed by atoms with Gasteiger partial charge in [0.05, 0.1) is 5.69 Å². The van der Waals surface area contributed by atoms with Crippen molar-refractivity contribution in [1.82, 2.24) is 9.97 Å². The molecule has 2 aromatic rings. The van der Waals surface area contributed by atoms with Gasteiger partial charge in [0.25, 0.3) is 0 Å². The van der Waals surface area contributed by atoms with Crippen LogP contribution in [0.25, 0.3) is 0 Å². The van der Waals surface area contributed by atoms with E-state index in [0.29, 0.717) is 11.4 Å². The highest BCUT2D eigenvalue weighted by Crippen LogP contribution is 2.23. The molecule has 6 heteroatoms. The molecule has 0 fully saturated rings. The predicted octanol–water partition coefficient (Wildman–Crippen LogP) is 2.67. The number of hydrogen-bond acceptors (Lipinski definition) is 4. The van der Waals surface area contributed by atoms with Crippen molar-refractivity contribution in [3.05, 3.63) is 47.2 Å². The first-order valence-corrected chi connectivity index (χ1v) is 5.58. The fraction of sp³-hybridized carbons (Fsp3) is 0.154. The molecule has 0 amide bonds. The largest absolute Gasteiger partial charge is 0.477 e. The molecule has 2 rings (SSSR count). The molecule has 0 saturated heterocycles. The van der Waals surface area contributed by atoms with Crippen molar-refractivity contribution in [2.45, 2.75) is 13.8 Å². The Kier molecular flexibility index (Phi) is 3.41. The summed E-state index contributed by atoms with van der Waals surface area (Å²) in [7, 11) is 0. The van der Waals surface area contributed by atoms with E-state index >= 15 is 0 Å². The number of hydrogen-bond donors (Lipinski definition) is 2. The topological polar surface area (TPSA) is 75.1 Å². The van der Waals surface area contributed by atoms with E-state index in [-0.39, 0.29) is 17.1 Å². The molecule has 0 bridgehead atoms. The number of aromatic carboxylic acids is 1. The van der Waals surface area contributed by atoms with Gasteiger partial charge in [-0.05, 0) is 25.5 Å². The Labute approximate surface area is 109 Å². The smallest absolute Gasteiger partial charge is 0.341 e. The van der Waals surface area contributed by atoms with Gasteiger partial charge in [0, 0.05) is 6.20 Å². The van der Waals surface area contributed by atoms with Gasteiger partial charge in [-0.1, -0.05) is 12.1 Å². The van der Waals surface area contributed by atoms with Crippen LogP contribution >= 0.6 is 0 Å². The van der Waals surface area contributed by atoms with Gasteiger partial charge in [0.1, 0.15) is 23.0 Å². The van der Waals surface area contributed by atoms with Gasteiger partial charge in [-0.2, -0.15) is 0 Å². The molecule has 0 spiro atoms. The Bertz CT molecular complexity index is 644. The lowest BCUT2D eigenvalue weighted by Crippen LogP contribution is -2.08. The van der Waals surface area contributed by atoms with Gasteiger partial charge in [-0.25, -0.2) is 19.2 Å². The number of anilines is 2. The van der Waals surface area contributed by atoms with E-state index in [4.69, 9.17) is 5.11 Å². The lowest BCUT2D eigenvalue weighted by atomic mass is 10.2. The standard InChI is InChI=1S/C13H12FN3O2/c1-7-4-3-5-10(11(7)14)17-12-9(13(18)19)6-15-8(2)16-12/h3-6H,1-2H3,(H,18,19)(H,15,16,17). The van der Waals surface area contributed by atoms with E-state index in [0.717, 1.165) is 0 Å². The van der Waals surface area contributed by atoms with Crippen molar-refractivity contribution < 1.29 is 14.3 Å². The van der Waals surface area contributed by atoms with Gasteiger partial charge >= 0.3 is 5.97 Å². The maximum Gasteiger partial charge on any atom is 0.341 e. The first-order chi connectivity index (χ1) is 8.99. The van der Waals surface area contributed by atoms with Crippen molar-refractivity contribution >= 4 is 17.5 Å². The van der Waals surface area contributed by atoms with Crippen LogP contribution in [0.3, 0.4) is 0 Å². The van der Waals surface area contributed by atoms with E-state index in [9.17, 15) is 9.18 Å². The lowest BCUT2D eigenvalue weighted by molar-refractivity contribution is 0.0697. The molecule has 1 aromatic heterocycles. The maximum atomic E-state index is 13.9. The zero-order chi connectivity index (χ0) is 14.0. The van der Waals surface area contributed by atoms with Gasteiger partial charge in [0.2, 0.25) is 0 Å². The summed E-state index contributed by atoms with van der Waals surface area (Å²) < 4.78 is 13.9. The van der Waals surface area contributed by atoms with Gasteiger partial charge < -0.3 is 10.4 Å². The average molecular weight is 261 g/mol. The first-order valence-electron chi connectivity index (χ1n) is 5.58. The van der Waals surface area contributed by atoms with Gasteiger partial charge in [-0.3, -0.25) is 0 Å². The van der Waals surface area contributed by atoms with Crippen molar-refractivity contribution in [3.63, 3.8) is 0 Å². The van der Waals surface area contributed by atoms with Crippen molar-refractivity contribution in [3.8, 4) is 0 Å². The molecule has 0 radical (unpaired) electrons. The van der Waals surface area contributed by atoms with Gasteiger partial charge in [-0.15, -0.1) is 0 Å². The summed E-state index contributed by atoms with van der Waals surface area (Å²) >= 11 is 0. The SMILES string of the molecule is Cc1ncc(C(=O)O)c(Nc2cccc(C)c2F)n1. The van der Waals surface area contributed by atoms with Crippen LogP contribution in [0.5, 0.6) is 0 Å². The zero-order valence-corrected chi connectivity index (χ0v) is 10.4. The molecule has 0 atom stereocenters.